The highest BCUT2D eigenvalue weighted by Gasteiger charge is 2.32. The van der Waals surface area contributed by atoms with E-state index in [0.717, 1.165) is 17.7 Å². The van der Waals surface area contributed by atoms with Crippen molar-refractivity contribution >= 4 is 40.7 Å². The van der Waals surface area contributed by atoms with E-state index >= 15 is 0 Å². The Morgan fingerprint density at radius 1 is 0.927 bits per heavy atom. The first kappa shape index (κ1) is 29.3. The lowest BCUT2D eigenvalue weighted by Gasteiger charge is -2.31. The highest BCUT2D eigenvalue weighted by atomic mass is 35.5. The summed E-state index contributed by atoms with van der Waals surface area (Å²) in [5, 5.41) is 5.90. The van der Waals surface area contributed by atoms with Crippen LogP contribution < -0.4 is 15.5 Å². The van der Waals surface area contributed by atoms with Gasteiger partial charge < -0.3 is 15.1 Å². The number of halogens is 2. The molecule has 4 rings (SSSR count). The predicted molar refractivity (Wildman–Crippen MR) is 157 cm³/mol. The Bertz CT molecular complexity index is 1520. The number of nitrogens with zero attached hydrogens (tertiary/aromatic N) is 1. The molecule has 0 aliphatic heterocycles. The van der Waals surface area contributed by atoms with Gasteiger partial charge in [0, 0.05) is 28.5 Å². The maximum atomic E-state index is 13.8. The van der Waals surface area contributed by atoms with E-state index in [1.54, 1.807) is 48.5 Å². The third kappa shape index (κ3) is 7.93. The van der Waals surface area contributed by atoms with Crippen molar-refractivity contribution < 1.29 is 23.2 Å². The van der Waals surface area contributed by atoms with Crippen molar-refractivity contribution in [2.75, 3.05) is 10.2 Å². The second-order valence-electron chi connectivity index (χ2n) is 9.54. The molecule has 0 aliphatic rings. The van der Waals surface area contributed by atoms with Gasteiger partial charge >= 0.3 is 0 Å². The van der Waals surface area contributed by atoms with E-state index in [1.165, 1.54) is 35.4 Å². The van der Waals surface area contributed by atoms with Gasteiger partial charge in [0.15, 0.2) is 0 Å². The fourth-order valence-corrected chi connectivity index (χ4v) is 4.34. The van der Waals surface area contributed by atoms with Crippen molar-refractivity contribution in [1.29, 1.82) is 0 Å². The minimum Gasteiger partial charge on any atom is -0.467 e. The number of carbonyl (C=O) groups is 3. The quantitative estimate of drug-likeness (QED) is 0.205. The van der Waals surface area contributed by atoms with Gasteiger partial charge in [0.2, 0.25) is 11.8 Å². The minimum absolute atomic E-state index is 0.0791. The smallest absolute Gasteiger partial charge is 0.252 e. The molecule has 41 heavy (non-hydrogen) atoms. The number of nitrogens with one attached hydrogen (secondary N) is 2. The molecule has 1 atom stereocenters. The molecule has 2 N–H and O–H groups in total. The van der Waals surface area contributed by atoms with E-state index in [-0.39, 0.29) is 12.5 Å². The first-order valence-corrected chi connectivity index (χ1v) is 13.3. The van der Waals surface area contributed by atoms with Crippen molar-refractivity contribution in [1.82, 2.24) is 5.32 Å². The third-order valence-corrected chi connectivity index (χ3v) is 6.49. The molecular formula is C32H29ClFN3O4. The Kier molecular flexibility index (Phi) is 9.71. The van der Waals surface area contributed by atoms with E-state index < -0.39 is 29.6 Å². The summed E-state index contributed by atoms with van der Waals surface area (Å²) in [5.41, 5.74) is 2.29. The molecule has 0 bridgehead atoms. The number of hydrogen-bond acceptors (Lipinski definition) is 4. The van der Waals surface area contributed by atoms with Gasteiger partial charge in [-0.2, -0.15) is 0 Å². The normalized spacial score (nSPS) is 11.8. The molecule has 0 spiro atoms. The molecule has 0 saturated heterocycles. The summed E-state index contributed by atoms with van der Waals surface area (Å²) in [6.45, 7) is 4.17. The van der Waals surface area contributed by atoms with Crippen LogP contribution in [0, 0.1) is 5.82 Å². The molecule has 7 nitrogen and oxygen atoms in total. The topological polar surface area (TPSA) is 91.7 Å². The van der Waals surface area contributed by atoms with E-state index in [1.807, 2.05) is 26.0 Å². The lowest BCUT2D eigenvalue weighted by Crippen LogP contribution is -2.43. The number of rotatable bonds is 10. The van der Waals surface area contributed by atoms with Crippen LogP contribution in [0.4, 0.5) is 15.8 Å². The summed E-state index contributed by atoms with van der Waals surface area (Å²) >= 11 is 5.99. The van der Waals surface area contributed by atoms with Gasteiger partial charge in [0.05, 0.1) is 12.8 Å². The fraction of sp³-hybridized carbons (Fsp3) is 0.156. The molecule has 1 heterocycles. The highest BCUT2D eigenvalue weighted by Crippen LogP contribution is 2.30. The van der Waals surface area contributed by atoms with Crippen molar-refractivity contribution in [3.05, 3.63) is 131 Å². The fourth-order valence-electron chi connectivity index (χ4n) is 4.15. The van der Waals surface area contributed by atoms with Crippen LogP contribution in [0.25, 0.3) is 0 Å². The van der Waals surface area contributed by atoms with Crippen LogP contribution in [0.1, 0.15) is 42.7 Å². The monoisotopic (exact) mass is 573 g/mol. The summed E-state index contributed by atoms with van der Waals surface area (Å²) in [6, 6.07) is 21.4. The number of anilines is 2. The van der Waals surface area contributed by atoms with Gasteiger partial charge in [0.1, 0.15) is 17.6 Å². The number of hydrogen-bond donors (Lipinski definition) is 2. The Balaban J connectivity index is 1.69. The lowest BCUT2D eigenvalue weighted by atomic mass is 10.0. The van der Waals surface area contributed by atoms with Crippen LogP contribution >= 0.6 is 11.6 Å². The van der Waals surface area contributed by atoms with Crippen LogP contribution in [-0.4, -0.2) is 17.7 Å². The van der Waals surface area contributed by atoms with Crippen molar-refractivity contribution in [3.63, 3.8) is 0 Å². The van der Waals surface area contributed by atoms with Crippen molar-refractivity contribution in [3.8, 4) is 0 Å². The minimum atomic E-state index is -1.19. The van der Waals surface area contributed by atoms with Crippen LogP contribution in [0.3, 0.4) is 0 Å². The Morgan fingerprint density at radius 3 is 2.27 bits per heavy atom. The summed E-state index contributed by atoms with van der Waals surface area (Å²) in [5.74, 6) is -1.44. The zero-order valence-corrected chi connectivity index (χ0v) is 23.3. The van der Waals surface area contributed by atoms with Crippen LogP contribution in [0.5, 0.6) is 0 Å². The van der Waals surface area contributed by atoms with Crippen molar-refractivity contribution in [2.24, 2.45) is 0 Å². The van der Waals surface area contributed by atoms with Crippen LogP contribution in [0.15, 0.2) is 108 Å². The maximum absolute atomic E-state index is 13.8. The molecule has 0 saturated carbocycles. The molecule has 4 aromatic rings. The summed E-state index contributed by atoms with van der Waals surface area (Å²) < 4.78 is 19.2. The number of furan rings is 1. The number of amides is 3. The first-order chi connectivity index (χ1) is 19.7. The summed E-state index contributed by atoms with van der Waals surface area (Å²) in [6.07, 6.45) is 3.66. The van der Waals surface area contributed by atoms with Crippen molar-refractivity contribution in [2.45, 2.75) is 32.4 Å². The zero-order chi connectivity index (χ0) is 29.4. The predicted octanol–water partition coefficient (Wildman–Crippen LogP) is 6.78. The molecule has 0 fully saturated rings. The standard InChI is InChI=1S/C32H29ClFN3O4/c1-21(2)22-10-14-27(15-11-22)37(30(39)17-16-29(38)36-26-6-3-5-24(33)19-26)31(23-8-12-25(34)13-9-23)32(40)35-20-28-7-4-18-41-28/h3-19,21,31H,20H2,1-2H3,(H,35,40)(H,36,38)/b17-16-. The van der Waals surface area contributed by atoms with E-state index in [9.17, 15) is 18.8 Å². The SMILES string of the molecule is CC(C)c1ccc(N(C(=O)/C=C\C(=O)Nc2cccc(Cl)c2)C(C(=O)NCc2ccco2)c2ccc(F)cc2)cc1. The maximum Gasteiger partial charge on any atom is 0.252 e. The second kappa shape index (κ2) is 13.6. The Morgan fingerprint density at radius 2 is 1.63 bits per heavy atom. The molecule has 1 unspecified atom stereocenters. The molecule has 9 heteroatoms. The average molecular weight is 574 g/mol. The molecule has 1 aromatic heterocycles. The van der Waals surface area contributed by atoms with Crippen LogP contribution in [0.2, 0.25) is 5.02 Å². The van der Waals surface area contributed by atoms with Crippen LogP contribution in [-0.2, 0) is 20.9 Å². The Hall–Kier alpha value is -4.69. The van der Waals surface area contributed by atoms with E-state index in [0.29, 0.717) is 27.7 Å². The van der Waals surface area contributed by atoms with E-state index in [2.05, 4.69) is 10.6 Å². The van der Waals surface area contributed by atoms with Gasteiger partial charge in [-0.1, -0.05) is 55.8 Å². The molecule has 0 aliphatic carbocycles. The van der Waals surface area contributed by atoms with E-state index in [4.69, 9.17) is 16.0 Å². The largest absolute Gasteiger partial charge is 0.467 e. The highest BCUT2D eigenvalue weighted by molar-refractivity contribution is 6.31. The number of carbonyl (C=O) groups excluding carboxylic acids is 3. The molecule has 3 aromatic carbocycles. The second-order valence-corrected chi connectivity index (χ2v) is 9.98. The zero-order valence-electron chi connectivity index (χ0n) is 22.5. The average Bonchev–Trinajstić information content (AvgIpc) is 3.48. The Labute approximate surface area is 242 Å². The van der Waals surface area contributed by atoms with Gasteiger partial charge in [-0.15, -0.1) is 0 Å². The molecule has 210 valence electrons. The lowest BCUT2D eigenvalue weighted by molar-refractivity contribution is -0.125. The van der Waals surface area contributed by atoms with Gasteiger partial charge in [-0.3, -0.25) is 19.3 Å². The third-order valence-electron chi connectivity index (χ3n) is 6.25. The molecule has 0 radical (unpaired) electrons. The van der Waals surface area contributed by atoms with Gasteiger partial charge in [-0.05, 0) is 71.6 Å². The van der Waals surface area contributed by atoms with Gasteiger partial charge in [-0.25, -0.2) is 4.39 Å². The molecular weight excluding hydrogens is 545 g/mol. The summed E-state index contributed by atoms with van der Waals surface area (Å²) in [7, 11) is 0. The number of benzene rings is 3. The van der Waals surface area contributed by atoms with Gasteiger partial charge in [0.25, 0.3) is 5.91 Å². The first-order valence-electron chi connectivity index (χ1n) is 12.9. The molecule has 3 amide bonds. The summed E-state index contributed by atoms with van der Waals surface area (Å²) in [4.78, 5) is 41.3.